The molecule has 1 heterocycles. The molecule has 0 aliphatic rings. The van der Waals surface area contributed by atoms with Gasteiger partial charge in [-0.05, 0) is 12.1 Å². The fourth-order valence-corrected chi connectivity index (χ4v) is 2.81. The lowest BCUT2D eigenvalue weighted by molar-refractivity contribution is 0.587. The van der Waals surface area contributed by atoms with Crippen LogP contribution >= 0.6 is 0 Å². The average Bonchev–Trinajstić information content (AvgIpc) is 2.36. The second kappa shape index (κ2) is 4.71. The monoisotopic (exact) mass is 264 g/mol. The zero-order chi connectivity index (χ0) is 13.2. The van der Waals surface area contributed by atoms with Crippen molar-refractivity contribution in [3.05, 3.63) is 36.7 Å². The lowest BCUT2D eigenvalue weighted by Crippen LogP contribution is -2.33. The van der Waals surface area contributed by atoms with E-state index in [0.717, 1.165) is 5.39 Å². The van der Waals surface area contributed by atoms with E-state index in [2.05, 4.69) is 9.71 Å². The van der Waals surface area contributed by atoms with Crippen molar-refractivity contribution in [2.45, 2.75) is 4.90 Å². The predicted molar refractivity (Wildman–Crippen MR) is 68.8 cm³/mol. The number of fused-ring (bicyclic) bond motifs is 1. The molecule has 18 heavy (non-hydrogen) atoms. The molecule has 0 atom stereocenters. The maximum absolute atomic E-state index is 12.1. The van der Waals surface area contributed by atoms with Gasteiger partial charge >= 0.3 is 0 Å². The fourth-order valence-electron chi connectivity index (χ4n) is 1.58. The van der Waals surface area contributed by atoms with Crippen LogP contribution in [0.2, 0.25) is 0 Å². The summed E-state index contributed by atoms with van der Waals surface area (Å²) in [6.07, 6.45) is 3.13. The number of amidine groups is 1. The van der Waals surface area contributed by atoms with E-state index in [0.29, 0.717) is 5.39 Å². The Labute approximate surface area is 104 Å². The molecule has 94 valence electrons. The first-order valence-corrected chi connectivity index (χ1v) is 6.64. The van der Waals surface area contributed by atoms with Crippen molar-refractivity contribution >= 4 is 26.6 Å². The Kier molecular flexibility index (Phi) is 3.26. The lowest BCUT2D eigenvalue weighted by atomic mass is 10.2. The second-order valence-corrected chi connectivity index (χ2v) is 5.44. The quantitative estimate of drug-likeness (QED) is 0.550. The molecule has 0 bridgehead atoms. The van der Waals surface area contributed by atoms with E-state index in [1.165, 1.54) is 12.3 Å². The van der Waals surface area contributed by atoms with Gasteiger partial charge in [-0.25, -0.2) is 13.1 Å². The van der Waals surface area contributed by atoms with Gasteiger partial charge in [0.25, 0.3) is 0 Å². The topological polar surface area (TPSA) is 109 Å². The Balaban J connectivity index is 2.50. The highest BCUT2D eigenvalue weighted by atomic mass is 32.2. The minimum Gasteiger partial charge on any atom is -0.387 e. The number of sulfonamides is 1. The largest absolute Gasteiger partial charge is 0.387 e. The number of pyridine rings is 1. The fraction of sp³-hybridized carbons (Fsp3) is 0.0909. The Morgan fingerprint density at radius 2 is 2.17 bits per heavy atom. The van der Waals surface area contributed by atoms with Gasteiger partial charge in [0, 0.05) is 23.2 Å². The molecule has 0 unspecified atom stereocenters. The van der Waals surface area contributed by atoms with Gasteiger partial charge in [0.15, 0.2) is 0 Å². The first-order chi connectivity index (χ1) is 8.50. The van der Waals surface area contributed by atoms with Gasteiger partial charge in [0.05, 0.1) is 11.4 Å². The van der Waals surface area contributed by atoms with Gasteiger partial charge in [-0.15, -0.1) is 0 Å². The van der Waals surface area contributed by atoms with E-state index in [1.54, 1.807) is 24.4 Å². The van der Waals surface area contributed by atoms with Crippen molar-refractivity contribution < 1.29 is 8.42 Å². The average molecular weight is 264 g/mol. The summed E-state index contributed by atoms with van der Waals surface area (Å²) in [5.74, 6) is -0.236. The number of nitrogens with two attached hydrogens (primary N) is 1. The van der Waals surface area contributed by atoms with E-state index in [-0.39, 0.29) is 17.3 Å². The lowest BCUT2D eigenvalue weighted by Gasteiger charge is -2.08. The van der Waals surface area contributed by atoms with Crippen LogP contribution in [0.15, 0.2) is 41.6 Å². The number of rotatable bonds is 4. The van der Waals surface area contributed by atoms with Crippen LogP contribution in [0.1, 0.15) is 0 Å². The van der Waals surface area contributed by atoms with Crippen LogP contribution in [0, 0.1) is 5.41 Å². The maximum atomic E-state index is 12.1. The molecule has 0 aliphatic heterocycles. The minimum absolute atomic E-state index is 0.156. The Morgan fingerprint density at radius 1 is 1.39 bits per heavy atom. The van der Waals surface area contributed by atoms with Crippen molar-refractivity contribution in [2.75, 3.05) is 6.54 Å². The zero-order valence-electron chi connectivity index (χ0n) is 9.42. The van der Waals surface area contributed by atoms with Gasteiger partial charge < -0.3 is 5.73 Å². The molecular formula is C11H12N4O2S. The molecule has 7 heteroatoms. The summed E-state index contributed by atoms with van der Waals surface area (Å²) >= 11 is 0. The molecule has 1 aromatic carbocycles. The van der Waals surface area contributed by atoms with Crippen molar-refractivity contribution in [1.82, 2.24) is 9.71 Å². The highest BCUT2D eigenvalue weighted by molar-refractivity contribution is 7.89. The van der Waals surface area contributed by atoms with Crippen LogP contribution in [0.5, 0.6) is 0 Å². The molecule has 0 amide bonds. The molecule has 0 saturated carbocycles. The predicted octanol–water partition coefficient (Wildman–Crippen LogP) is 0.449. The van der Waals surface area contributed by atoms with Crippen molar-refractivity contribution in [1.29, 1.82) is 5.41 Å². The molecule has 1 aromatic heterocycles. The Morgan fingerprint density at radius 3 is 2.89 bits per heavy atom. The molecule has 0 radical (unpaired) electrons. The third kappa shape index (κ3) is 2.47. The summed E-state index contributed by atoms with van der Waals surface area (Å²) in [7, 11) is -3.68. The number of benzene rings is 1. The number of nitrogens with zero attached hydrogens (tertiary/aromatic N) is 1. The van der Waals surface area contributed by atoms with Crippen LogP contribution in [-0.2, 0) is 10.0 Å². The van der Waals surface area contributed by atoms with Gasteiger partial charge in [-0.1, -0.05) is 12.1 Å². The second-order valence-electron chi connectivity index (χ2n) is 3.70. The van der Waals surface area contributed by atoms with Crippen LogP contribution in [-0.4, -0.2) is 25.8 Å². The molecule has 2 aromatic rings. The third-order valence-electron chi connectivity index (χ3n) is 2.38. The van der Waals surface area contributed by atoms with Crippen molar-refractivity contribution in [3.8, 4) is 0 Å². The highest BCUT2D eigenvalue weighted by Gasteiger charge is 2.16. The first kappa shape index (κ1) is 12.5. The van der Waals surface area contributed by atoms with E-state index < -0.39 is 10.0 Å². The van der Waals surface area contributed by atoms with Crippen molar-refractivity contribution in [3.63, 3.8) is 0 Å². The Hall–Kier alpha value is -1.99. The molecule has 0 aliphatic carbocycles. The number of aromatic nitrogens is 1. The van der Waals surface area contributed by atoms with E-state index in [9.17, 15) is 8.42 Å². The summed E-state index contributed by atoms with van der Waals surface area (Å²) in [6, 6.07) is 6.57. The number of hydrogen-bond donors (Lipinski definition) is 3. The van der Waals surface area contributed by atoms with Gasteiger partial charge in [0.2, 0.25) is 10.0 Å². The molecular weight excluding hydrogens is 252 g/mol. The summed E-state index contributed by atoms with van der Waals surface area (Å²) < 4.78 is 26.4. The normalized spacial score (nSPS) is 11.6. The third-order valence-corrected chi connectivity index (χ3v) is 3.84. The highest BCUT2D eigenvalue weighted by Crippen LogP contribution is 2.21. The van der Waals surface area contributed by atoms with Crippen LogP contribution in [0.4, 0.5) is 0 Å². The van der Waals surface area contributed by atoms with E-state index in [1.807, 2.05) is 0 Å². The van der Waals surface area contributed by atoms with Gasteiger partial charge in [-0.2, -0.15) is 0 Å². The minimum atomic E-state index is -3.68. The standard InChI is InChI=1S/C11H12N4O2S/c12-11(13)7-15-18(16,17)10-3-1-2-8-6-14-5-4-9(8)10/h1-6,15H,7H2,(H3,12,13). The summed E-state index contributed by atoms with van der Waals surface area (Å²) in [4.78, 5) is 4.10. The smallest absolute Gasteiger partial charge is 0.241 e. The van der Waals surface area contributed by atoms with Gasteiger partial charge in [-0.3, -0.25) is 10.4 Å². The molecule has 0 fully saturated rings. The van der Waals surface area contributed by atoms with Crippen LogP contribution < -0.4 is 10.5 Å². The Bertz CT molecular complexity index is 692. The zero-order valence-corrected chi connectivity index (χ0v) is 10.2. The van der Waals surface area contributed by atoms with Crippen LogP contribution in [0.3, 0.4) is 0 Å². The van der Waals surface area contributed by atoms with Gasteiger partial charge in [0.1, 0.15) is 5.84 Å². The first-order valence-electron chi connectivity index (χ1n) is 5.16. The molecule has 6 nitrogen and oxygen atoms in total. The SMILES string of the molecule is N=C(N)CNS(=O)(=O)c1cccc2cnccc12. The van der Waals surface area contributed by atoms with Crippen molar-refractivity contribution in [2.24, 2.45) is 5.73 Å². The summed E-state index contributed by atoms with van der Waals surface area (Å²) in [5.41, 5.74) is 5.14. The maximum Gasteiger partial charge on any atom is 0.241 e. The summed E-state index contributed by atoms with van der Waals surface area (Å²) in [6.45, 7) is -0.205. The molecule has 0 spiro atoms. The number of nitrogens with one attached hydrogen (secondary N) is 2. The molecule has 2 rings (SSSR count). The van der Waals surface area contributed by atoms with E-state index >= 15 is 0 Å². The van der Waals surface area contributed by atoms with Crippen LogP contribution in [0.25, 0.3) is 10.8 Å². The van der Waals surface area contributed by atoms with E-state index in [4.69, 9.17) is 11.1 Å². The molecule has 4 N–H and O–H groups in total. The number of hydrogen-bond acceptors (Lipinski definition) is 4. The molecule has 0 saturated heterocycles. The summed E-state index contributed by atoms with van der Waals surface area (Å²) in [5, 5.41) is 8.37.